The second-order valence-electron chi connectivity index (χ2n) is 6.18. The highest BCUT2D eigenvalue weighted by Gasteiger charge is 2.06. The Hall–Kier alpha value is -0.410. The maximum atomic E-state index is 10.9. The number of nitrogens with two attached hydrogens (primary N) is 1. The zero-order valence-electron chi connectivity index (χ0n) is 14.4. The van der Waals surface area contributed by atoms with E-state index in [1.165, 1.54) is 77.6 Å². The molecule has 126 valence electrons. The summed E-state index contributed by atoms with van der Waals surface area (Å²) in [5, 5.41) is 0. The molecule has 0 aliphatic rings. The van der Waals surface area contributed by atoms with E-state index in [0.717, 1.165) is 13.0 Å². The van der Waals surface area contributed by atoms with E-state index < -0.39 is 6.04 Å². The van der Waals surface area contributed by atoms with Crippen molar-refractivity contribution in [3.8, 4) is 0 Å². The van der Waals surface area contributed by atoms with Gasteiger partial charge in [-0.1, -0.05) is 77.6 Å². The smallest absolute Gasteiger partial charge is 0.148 e. The summed E-state index contributed by atoms with van der Waals surface area (Å²) in [6, 6.07) is -0.442. The molecule has 1 unspecified atom stereocenters. The van der Waals surface area contributed by atoms with Crippen molar-refractivity contribution in [1.82, 2.24) is 0 Å². The molecule has 0 saturated carbocycles. The average molecular weight is 299 g/mol. The number of carbonyl (C=O) groups is 1. The lowest BCUT2D eigenvalue weighted by atomic mass is 10.1. The van der Waals surface area contributed by atoms with Gasteiger partial charge in [0.2, 0.25) is 0 Å². The number of unbranched alkanes of at least 4 members (excludes halogenated alkanes) is 11. The Morgan fingerprint density at radius 1 is 0.857 bits per heavy atom. The van der Waals surface area contributed by atoms with Crippen LogP contribution in [0.1, 0.15) is 90.9 Å². The summed E-state index contributed by atoms with van der Waals surface area (Å²) < 4.78 is 5.40. The van der Waals surface area contributed by atoms with Crippen LogP contribution in [0.5, 0.6) is 0 Å². The van der Waals surface area contributed by atoms with Crippen molar-refractivity contribution >= 4 is 5.78 Å². The first-order valence-corrected chi connectivity index (χ1v) is 9.02. The zero-order chi connectivity index (χ0) is 15.8. The van der Waals surface area contributed by atoms with Gasteiger partial charge in [-0.2, -0.15) is 0 Å². The van der Waals surface area contributed by atoms with Gasteiger partial charge in [-0.15, -0.1) is 0 Å². The van der Waals surface area contributed by atoms with Crippen LogP contribution in [0.2, 0.25) is 0 Å². The first-order chi connectivity index (χ1) is 10.2. The lowest BCUT2D eigenvalue weighted by Crippen LogP contribution is -2.33. The van der Waals surface area contributed by atoms with E-state index in [-0.39, 0.29) is 5.78 Å². The molecule has 21 heavy (non-hydrogen) atoms. The van der Waals surface area contributed by atoms with Crippen LogP contribution in [-0.4, -0.2) is 25.0 Å². The number of ketones is 1. The predicted molar refractivity (Wildman–Crippen MR) is 90.6 cm³/mol. The van der Waals surface area contributed by atoms with E-state index in [2.05, 4.69) is 6.92 Å². The van der Waals surface area contributed by atoms with E-state index in [9.17, 15) is 4.79 Å². The molecular formula is C18H37NO2. The second kappa shape index (κ2) is 16.0. The molecular weight excluding hydrogens is 262 g/mol. The van der Waals surface area contributed by atoms with Crippen molar-refractivity contribution in [3.05, 3.63) is 0 Å². The third-order valence-corrected chi connectivity index (χ3v) is 3.96. The lowest BCUT2D eigenvalue weighted by Gasteiger charge is -2.08. The molecule has 3 nitrogen and oxygen atoms in total. The monoisotopic (exact) mass is 299 g/mol. The standard InChI is InChI=1S/C18H37NO2/c1-3-4-5-6-7-8-9-10-11-12-13-14-15-21-16-18(19)17(2)20/h18H,3-16,19H2,1-2H3. The number of ether oxygens (including phenoxy) is 1. The molecule has 0 aromatic heterocycles. The highest BCUT2D eigenvalue weighted by molar-refractivity contribution is 5.81. The first-order valence-electron chi connectivity index (χ1n) is 9.02. The van der Waals surface area contributed by atoms with Gasteiger partial charge in [0, 0.05) is 6.61 Å². The third kappa shape index (κ3) is 15.8. The number of carbonyl (C=O) groups excluding carboxylic acids is 1. The summed E-state index contributed by atoms with van der Waals surface area (Å²) in [6.45, 7) is 4.88. The van der Waals surface area contributed by atoms with Gasteiger partial charge in [-0.05, 0) is 13.3 Å². The molecule has 0 radical (unpaired) electrons. The van der Waals surface area contributed by atoms with Gasteiger partial charge in [0.05, 0.1) is 12.6 Å². The Kier molecular flexibility index (Phi) is 15.7. The molecule has 0 aromatic rings. The topological polar surface area (TPSA) is 52.3 Å². The zero-order valence-corrected chi connectivity index (χ0v) is 14.4. The van der Waals surface area contributed by atoms with Crippen LogP contribution in [0.25, 0.3) is 0 Å². The molecule has 0 aliphatic heterocycles. The van der Waals surface area contributed by atoms with Gasteiger partial charge in [0.1, 0.15) is 5.78 Å². The Balaban J connectivity index is 3.04. The number of hydrogen-bond donors (Lipinski definition) is 1. The Labute approximate surface area is 132 Å². The normalized spacial score (nSPS) is 12.5. The van der Waals surface area contributed by atoms with Gasteiger partial charge in [0.25, 0.3) is 0 Å². The van der Waals surface area contributed by atoms with Crippen molar-refractivity contribution in [1.29, 1.82) is 0 Å². The van der Waals surface area contributed by atoms with Crippen LogP contribution >= 0.6 is 0 Å². The van der Waals surface area contributed by atoms with Crippen LogP contribution in [0.15, 0.2) is 0 Å². The Bertz CT molecular complexity index is 231. The minimum Gasteiger partial charge on any atom is -0.379 e. The second-order valence-corrected chi connectivity index (χ2v) is 6.18. The summed E-state index contributed by atoms with van der Waals surface area (Å²) in [5.41, 5.74) is 5.59. The fraction of sp³-hybridized carbons (Fsp3) is 0.944. The summed E-state index contributed by atoms with van der Waals surface area (Å²) in [5.74, 6) is 0.00435. The molecule has 0 aliphatic carbocycles. The number of hydrogen-bond acceptors (Lipinski definition) is 3. The molecule has 0 fully saturated rings. The van der Waals surface area contributed by atoms with Gasteiger partial charge in [-0.25, -0.2) is 0 Å². The maximum Gasteiger partial charge on any atom is 0.148 e. The van der Waals surface area contributed by atoms with E-state index in [1.807, 2.05) is 0 Å². The Morgan fingerprint density at radius 3 is 1.71 bits per heavy atom. The van der Waals surface area contributed by atoms with Gasteiger partial charge < -0.3 is 10.5 Å². The number of rotatable bonds is 16. The van der Waals surface area contributed by atoms with Crippen molar-refractivity contribution in [2.24, 2.45) is 5.73 Å². The molecule has 0 bridgehead atoms. The van der Waals surface area contributed by atoms with Gasteiger partial charge in [-0.3, -0.25) is 4.79 Å². The van der Waals surface area contributed by atoms with Crippen molar-refractivity contribution in [2.45, 2.75) is 96.9 Å². The molecule has 0 heterocycles. The van der Waals surface area contributed by atoms with E-state index in [0.29, 0.717) is 6.61 Å². The summed E-state index contributed by atoms with van der Waals surface area (Å²) in [4.78, 5) is 10.9. The molecule has 2 N–H and O–H groups in total. The quantitative estimate of drug-likeness (QED) is 0.423. The van der Waals surface area contributed by atoms with Gasteiger partial charge in [0.15, 0.2) is 0 Å². The molecule has 1 atom stereocenters. The molecule has 3 heteroatoms. The Morgan fingerprint density at radius 2 is 1.29 bits per heavy atom. The third-order valence-electron chi connectivity index (χ3n) is 3.96. The minimum absolute atomic E-state index is 0.00435. The van der Waals surface area contributed by atoms with Crippen LogP contribution < -0.4 is 5.73 Å². The molecule has 0 spiro atoms. The highest BCUT2D eigenvalue weighted by atomic mass is 16.5. The van der Waals surface area contributed by atoms with Crippen molar-refractivity contribution in [2.75, 3.05) is 13.2 Å². The first kappa shape index (κ1) is 20.6. The van der Waals surface area contributed by atoms with Crippen LogP contribution in [-0.2, 0) is 9.53 Å². The summed E-state index contributed by atoms with van der Waals surface area (Å²) >= 11 is 0. The highest BCUT2D eigenvalue weighted by Crippen LogP contribution is 2.11. The van der Waals surface area contributed by atoms with Crippen LogP contribution in [0, 0.1) is 0 Å². The molecule has 0 saturated heterocycles. The van der Waals surface area contributed by atoms with E-state index in [4.69, 9.17) is 10.5 Å². The largest absolute Gasteiger partial charge is 0.379 e. The lowest BCUT2D eigenvalue weighted by molar-refractivity contribution is -0.119. The summed E-state index contributed by atoms with van der Waals surface area (Å²) in [6.07, 6.45) is 16.2. The maximum absolute atomic E-state index is 10.9. The van der Waals surface area contributed by atoms with E-state index >= 15 is 0 Å². The van der Waals surface area contributed by atoms with Crippen LogP contribution in [0.4, 0.5) is 0 Å². The average Bonchev–Trinajstić information content (AvgIpc) is 2.47. The predicted octanol–water partition coefficient (Wildman–Crippen LogP) is 4.62. The van der Waals surface area contributed by atoms with E-state index in [1.54, 1.807) is 0 Å². The fourth-order valence-electron chi connectivity index (χ4n) is 2.37. The molecule has 0 rings (SSSR count). The van der Waals surface area contributed by atoms with Gasteiger partial charge >= 0.3 is 0 Å². The SMILES string of the molecule is CCCCCCCCCCCCCCOCC(N)C(C)=O. The van der Waals surface area contributed by atoms with Crippen molar-refractivity contribution in [3.63, 3.8) is 0 Å². The minimum atomic E-state index is -0.442. The van der Waals surface area contributed by atoms with Crippen molar-refractivity contribution < 1.29 is 9.53 Å². The number of Topliss-reactive ketones (excluding diaryl/α,β-unsaturated/α-hetero) is 1. The molecule has 0 amide bonds. The molecule has 0 aromatic carbocycles. The summed E-state index contributed by atoms with van der Waals surface area (Å²) in [7, 11) is 0. The fourth-order valence-corrected chi connectivity index (χ4v) is 2.37. The van der Waals surface area contributed by atoms with Crippen LogP contribution in [0.3, 0.4) is 0 Å².